The summed E-state index contributed by atoms with van der Waals surface area (Å²) in [6, 6.07) is 0. The van der Waals surface area contributed by atoms with Crippen molar-refractivity contribution in [2.45, 2.75) is 25.4 Å². The first-order chi connectivity index (χ1) is 6.94. The van der Waals surface area contributed by atoms with Crippen LogP contribution in [-0.2, 0) is 19.4 Å². The molecule has 1 aliphatic heterocycles. The third kappa shape index (κ3) is 3.79. The highest BCUT2D eigenvalue weighted by Gasteiger charge is 2.29. The van der Waals surface area contributed by atoms with Crippen molar-refractivity contribution in [1.29, 1.82) is 0 Å². The van der Waals surface area contributed by atoms with Crippen molar-refractivity contribution < 1.29 is 23.1 Å². The predicted molar refractivity (Wildman–Crippen MR) is 54.0 cm³/mol. The van der Waals surface area contributed by atoms with E-state index >= 15 is 0 Å². The van der Waals surface area contributed by atoms with Gasteiger partial charge in [0.05, 0.1) is 31.1 Å². The van der Waals surface area contributed by atoms with Gasteiger partial charge in [-0.3, -0.25) is 4.79 Å². The average Bonchev–Trinajstić information content (AvgIpc) is 2.31. The molecule has 2 unspecified atom stereocenters. The van der Waals surface area contributed by atoms with Crippen LogP contribution in [0, 0.1) is 5.92 Å². The fourth-order valence-corrected chi connectivity index (χ4v) is 3.16. The molecule has 0 radical (unpaired) electrons. The zero-order valence-electron chi connectivity index (χ0n) is 8.68. The molecule has 0 bridgehead atoms. The number of methoxy groups -OCH3 is 1. The van der Waals surface area contributed by atoms with Crippen LogP contribution in [0.5, 0.6) is 0 Å². The third-order valence-corrected chi connectivity index (χ3v) is 4.44. The van der Waals surface area contributed by atoms with Crippen LogP contribution in [0.4, 0.5) is 0 Å². The molecule has 0 saturated carbocycles. The van der Waals surface area contributed by atoms with E-state index < -0.39 is 21.9 Å². The summed E-state index contributed by atoms with van der Waals surface area (Å²) in [5.41, 5.74) is 0. The van der Waals surface area contributed by atoms with Crippen molar-refractivity contribution in [2.75, 3.05) is 18.6 Å². The first kappa shape index (κ1) is 12.4. The smallest absolute Gasteiger partial charge is 0.305 e. The van der Waals surface area contributed by atoms with Gasteiger partial charge in [0.2, 0.25) is 0 Å². The van der Waals surface area contributed by atoms with E-state index in [2.05, 4.69) is 4.74 Å². The molecule has 0 spiro atoms. The van der Waals surface area contributed by atoms with E-state index in [-0.39, 0.29) is 30.3 Å². The minimum atomic E-state index is -3.04. The molecule has 0 aromatic carbocycles. The second-order valence-electron chi connectivity index (χ2n) is 3.84. The zero-order chi connectivity index (χ0) is 11.5. The molecule has 1 fully saturated rings. The van der Waals surface area contributed by atoms with Gasteiger partial charge in [-0.25, -0.2) is 8.42 Å². The fraction of sp³-hybridized carbons (Fsp3) is 0.889. The molecule has 2 atom stereocenters. The van der Waals surface area contributed by atoms with Crippen LogP contribution in [-0.4, -0.2) is 44.2 Å². The number of hydrogen-bond acceptors (Lipinski definition) is 5. The van der Waals surface area contributed by atoms with E-state index in [0.717, 1.165) is 0 Å². The van der Waals surface area contributed by atoms with Crippen molar-refractivity contribution in [2.24, 2.45) is 5.92 Å². The first-order valence-corrected chi connectivity index (χ1v) is 6.72. The summed E-state index contributed by atoms with van der Waals surface area (Å²) >= 11 is 0. The SMILES string of the molecule is COC(=O)CC1CCS(=O)(=O)CCC1O. The summed E-state index contributed by atoms with van der Waals surface area (Å²) in [4.78, 5) is 11.0. The van der Waals surface area contributed by atoms with Crippen LogP contribution in [0.2, 0.25) is 0 Å². The number of ether oxygens (including phenoxy) is 1. The van der Waals surface area contributed by atoms with Crippen LogP contribution in [0.3, 0.4) is 0 Å². The van der Waals surface area contributed by atoms with Crippen molar-refractivity contribution >= 4 is 15.8 Å². The van der Waals surface area contributed by atoms with Crippen LogP contribution >= 0.6 is 0 Å². The van der Waals surface area contributed by atoms with Crippen LogP contribution < -0.4 is 0 Å². The Morgan fingerprint density at radius 3 is 2.60 bits per heavy atom. The second-order valence-corrected chi connectivity index (χ2v) is 6.14. The Labute approximate surface area is 89.3 Å². The van der Waals surface area contributed by atoms with Crippen molar-refractivity contribution in [3.8, 4) is 0 Å². The van der Waals surface area contributed by atoms with Gasteiger partial charge in [-0.15, -0.1) is 0 Å². The van der Waals surface area contributed by atoms with Crippen LogP contribution in [0.15, 0.2) is 0 Å². The maximum absolute atomic E-state index is 11.3. The highest BCUT2D eigenvalue weighted by Crippen LogP contribution is 2.22. The van der Waals surface area contributed by atoms with Gasteiger partial charge < -0.3 is 9.84 Å². The van der Waals surface area contributed by atoms with Gasteiger partial charge in [-0.05, 0) is 18.8 Å². The Morgan fingerprint density at radius 2 is 2.00 bits per heavy atom. The quantitative estimate of drug-likeness (QED) is 0.668. The number of hydrogen-bond donors (Lipinski definition) is 1. The van der Waals surface area contributed by atoms with Crippen molar-refractivity contribution in [3.05, 3.63) is 0 Å². The Balaban J connectivity index is 2.61. The molecule has 15 heavy (non-hydrogen) atoms. The van der Waals surface area contributed by atoms with Crippen LogP contribution in [0.25, 0.3) is 0 Å². The predicted octanol–water partition coefficient (Wildman–Crippen LogP) is -0.265. The fourth-order valence-electron chi connectivity index (χ4n) is 1.70. The third-order valence-electron chi connectivity index (χ3n) is 2.72. The summed E-state index contributed by atoms with van der Waals surface area (Å²) in [6.45, 7) is 0. The second kappa shape index (κ2) is 4.94. The standard InChI is InChI=1S/C9H16O5S/c1-14-9(11)6-7-2-4-15(12,13)5-3-8(7)10/h7-8,10H,2-6H2,1H3. The molecule has 5 nitrogen and oxygen atoms in total. The average molecular weight is 236 g/mol. The number of carbonyl (C=O) groups is 1. The Bertz CT molecular complexity index is 321. The zero-order valence-corrected chi connectivity index (χ0v) is 9.50. The van der Waals surface area contributed by atoms with E-state index in [0.29, 0.717) is 6.42 Å². The molecular weight excluding hydrogens is 220 g/mol. The summed E-state index contributed by atoms with van der Waals surface area (Å²) < 4.78 is 27.1. The number of esters is 1. The van der Waals surface area contributed by atoms with Gasteiger partial charge in [0.1, 0.15) is 9.84 Å². The van der Waals surface area contributed by atoms with Gasteiger partial charge in [0.15, 0.2) is 0 Å². The maximum atomic E-state index is 11.3. The number of aliphatic hydroxyl groups is 1. The summed E-state index contributed by atoms with van der Waals surface area (Å²) in [5.74, 6) is -0.648. The first-order valence-electron chi connectivity index (χ1n) is 4.90. The molecule has 0 aliphatic carbocycles. The molecule has 1 heterocycles. The molecule has 6 heteroatoms. The highest BCUT2D eigenvalue weighted by atomic mass is 32.2. The number of carbonyl (C=O) groups excluding carboxylic acids is 1. The molecule has 88 valence electrons. The van der Waals surface area contributed by atoms with E-state index in [4.69, 9.17) is 0 Å². The largest absolute Gasteiger partial charge is 0.469 e. The lowest BCUT2D eigenvalue weighted by Crippen LogP contribution is -2.23. The molecule has 1 aliphatic rings. The topological polar surface area (TPSA) is 80.7 Å². The monoisotopic (exact) mass is 236 g/mol. The van der Waals surface area contributed by atoms with E-state index in [9.17, 15) is 18.3 Å². The van der Waals surface area contributed by atoms with E-state index in [1.165, 1.54) is 7.11 Å². The van der Waals surface area contributed by atoms with Gasteiger partial charge in [0.25, 0.3) is 0 Å². The normalized spacial score (nSPS) is 30.5. The van der Waals surface area contributed by atoms with Gasteiger partial charge in [-0.1, -0.05) is 0 Å². The number of rotatable bonds is 2. The molecule has 1 N–H and O–H groups in total. The molecular formula is C9H16O5S. The lowest BCUT2D eigenvalue weighted by molar-refractivity contribution is -0.142. The lowest BCUT2D eigenvalue weighted by Gasteiger charge is -2.17. The van der Waals surface area contributed by atoms with Gasteiger partial charge >= 0.3 is 5.97 Å². The van der Waals surface area contributed by atoms with Gasteiger partial charge in [-0.2, -0.15) is 0 Å². The maximum Gasteiger partial charge on any atom is 0.305 e. The Hall–Kier alpha value is -0.620. The Morgan fingerprint density at radius 1 is 1.40 bits per heavy atom. The van der Waals surface area contributed by atoms with Crippen molar-refractivity contribution in [1.82, 2.24) is 0 Å². The number of sulfone groups is 1. The minimum Gasteiger partial charge on any atom is -0.469 e. The lowest BCUT2D eigenvalue weighted by atomic mass is 9.94. The minimum absolute atomic E-state index is 0.00579. The number of aliphatic hydroxyl groups excluding tert-OH is 1. The molecule has 1 saturated heterocycles. The summed E-state index contributed by atoms with van der Waals surface area (Å²) in [6.07, 6.45) is -0.0862. The van der Waals surface area contributed by atoms with Crippen molar-refractivity contribution in [3.63, 3.8) is 0 Å². The summed E-state index contributed by atoms with van der Waals surface area (Å²) in [5, 5.41) is 9.65. The molecule has 0 aromatic heterocycles. The van der Waals surface area contributed by atoms with Crippen LogP contribution in [0.1, 0.15) is 19.3 Å². The molecule has 0 aromatic rings. The van der Waals surface area contributed by atoms with Gasteiger partial charge in [0, 0.05) is 0 Å². The highest BCUT2D eigenvalue weighted by molar-refractivity contribution is 7.91. The Kier molecular flexibility index (Phi) is 4.10. The van der Waals surface area contributed by atoms with E-state index in [1.54, 1.807) is 0 Å². The molecule has 1 rings (SSSR count). The summed E-state index contributed by atoms with van der Waals surface area (Å²) in [7, 11) is -1.76. The molecule has 0 amide bonds. The van der Waals surface area contributed by atoms with E-state index in [1.807, 2.05) is 0 Å².